The highest BCUT2D eigenvalue weighted by atomic mass is 15.4. The maximum atomic E-state index is 2.34. The van der Waals surface area contributed by atoms with E-state index in [1.165, 1.54) is 23.4 Å². The largest absolute Gasteiger partial charge is 0.208 e. The van der Waals surface area contributed by atoms with E-state index in [-0.39, 0.29) is 0 Å². The first-order valence-corrected chi connectivity index (χ1v) is 4.62. The van der Waals surface area contributed by atoms with Gasteiger partial charge in [-0.3, -0.25) is 0 Å². The van der Waals surface area contributed by atoms with Crippen molar-refractivity contribution < 1.29 is 4.68 Å². The molecule has 1 heterocycles. The van der Waals surface area contributed by atoms with Crippen LogP contribution >= 0.6 is 0 Å². The van der Waals surface area contributed by atoms with Crippen molar-refractivity contribution in [2.45, 2.75) is 40.7 Å². The quantitative estimate of drug-likeness (QED) is 0.592. The van der Waals surface area contributed by atoms with Gasteiger partial charge in [0.1, 0.15) is 0 Å². The molecule has 0 aromatic carbocycles. The van der Waals surface area contributed by atoms with Gasteiger partial charge in [0.15, 0.2) is 6.54 Å². The van der Waals surface area contributed by atoms with Crippen molar-refractivity contribution >= 4 is 0 Å². The van der Waals surface area contributed by atoms with Crippen LogP contribution in [0.4, 0.5) is 0 Å². The SMILES string of the molecule is CCC[n+]1c(C)c(C)c(C)n1C. The van der Waals surface area contributed by atoms with Crippen LogP contribution in [0.3, 0.4) is 0 Å². The highest BCUT2D eigenvalue weighted by molar-refractivity contribution is 5.17. The molecule has 0 bridgehead atoms. The van der Waals surface area contributed by atoms with Crippen LogP contribution in [0, 0.1) is 20.8 Å². The molecule has 0 saturated heterocycles. The minimum absolute atomic E-state index is 1.12. The molecule has 0 saturated carbocycles. The lowest BCUT2D eigenvalue weighted by atomic mass is 10.2. The second kappa shape index (κ2) is 3.30. The minimum atomic E-state index is 1.12. The molecule has 0 amide bonds. The van der Waals surface area contributed by atoms with Gasteiger partial charge in [0.2, 0.25) is 5.69 Å². The molecule has 0 radical (unpaired) electrons. The zero-order chi connectivity index (χ0) is 9.30. The highest BCUT2D eigenvalue weighted by Gasteiger charge is 2.17. The van der Waals surface area contributed by atoms with Crippen LogP contribution in [0.2, 0.25) is 0 Å². The fourth-order valence-electron chi connectivity index (χ4n) is 1.63. The smallest absolute Gasteiger partial charge is 0.161 e. The first-order chi connectivity index (χ1) is 5.59. The van der Waals surface area contributed by atoms with Crippen molar-refractivity contribution in [2.24, 2.45) is 7.05 Å². The van der Waals surface area contributed by atoms with Crippen molar-refractivity contribution in [3.8, 4) is 0 Å². The lowest BCUT2D eigenvalue weighted by Gasteiger charge is -1.96. The normalized spacial score (nSPS) is 10.8. The van der Waals surface area contributed by atoms with Crippen molar-refractivity contribution in [1.82, 2.24) is 4.68 Å². The molecule has 12 heavy (non-hydrogen) atoms. The Labute approximate surface area is 74.8 Å². The maximum absolute atomic E-state index is 2.34. The first kappa shape index (κ1) is 9.30. The summed E-state index contributed by atoms with van der Waals surface area (Å²) in [5.41, 5.74) is 4.20. The van der Waals surface area contributed by atoms with Gasteiger partial charge in [0.05, 0.1) is 12.7 Å². The topological polar surface area (TPSA) is 8.81 Å². The summed E-state index contributed by atoms with van der Waals surface area (Å²) in [5.74, 6) is 0. The Hall–Kier alpha value is -0.790. The van der Waals surface area contributed by atoms with Crippen molar-refractivity contribution in [3.63, 3.8) is 0 Å². The van der Waals surface area contributed by atoms with Crippen LogP contribution in [-0.4, -0.2) is 4.68 Å². The minimum Gasteiger partial charge on any atom is -0.161 e. The van der Waals surface area contributed by atoms with E-state index in [0.29, 0.717) is 0 Å². The molecular weight excluding hydrogens is 148 g/mol. The lowest BCUT2D eigenvalue weighted by molar-refractivity contribution is -0.778. The van der Waals surface area contributed by atoms with Crippen molar-refractivity contribution in [2.75, 3.05) is 0 Å². The van der Waals surface area contributed by atoms with Gasteiger partial charge in [-0.1, -0.05) is 6.92 Å². The molecule has 1 aromatic heterocycles. The number of hydrogen-bond donors (Lipinski definition) is 0. The summed E-state index contributed by atoms with van der Waals surface area (Å²) in [6.07, 6.45) is 1.20. The van der Waals surface area contributed by atoms with Gasteiger partial charge in [-0.2, -0.15) is 4.68 Å². The Balaban J connectivity index is 3.18. The number of rotatable bonds is 2. The van der Waals surface area contributed by atoms with Gasteiger partial charge in [-0.15, -0.1) is 4.68 Å². The summed E-state index contributed by atoms with van der Waals surface area (Å²) in [6, 6.07) is 0. The third-order valence-electron chi connectivity index (χ3n) is 2.76. The second-order valence-corrected chi connectivity index (χ2v) is 3.44. The lowest BCUT2D eigenvalue weighted by Crippen LogP contribution is -2.44. The van der Waals surface area contributed by atoms with Crippen LogP contribution in [0.5, 0.6) is 0 Å². The van der Waals surface area contributed by atoms with Gasteiger partial charge in [0, 0.05) is 18.9 Å². The Morgan fingerprint density at radius 2 is 1.83 bits per heavy atom. The monoisotopic (exact) mass is 167 g/mol. The molecule has 0 N–H and O–H groups in total. The van der Waals surface area contributed by atoms with Crippen molar-refractivity contribution in [1.29, 1.82) is 0 Å². The van der Waals surface area contributed by atoms with Gasteiger partial charge < -0.3 is 0 Å². The average Bonchev–Trinajstić information content (AvgIpc) is 2.23. The predicted molar refractivity (Wildman–Crippen MR) is 50.1 cm³/mol. The summed E-state index contributed by atoms with van der Waals surface area (Å²) in [4.78, 5) is 0. The van der Waals surface area contributed by atoms with Gasteiger partial charge in [-0.05, 0) is 13.8 Å². The molecule has 2 heteroatoms. The summed E-state index contributed by atoms with van der Waals surface area (Å²) >= 11 is 0. The molecule has 0 unspecified atom stereocenters. The fourth-order valence-corrected chi connectivity index (χ4v) is 1.63. The third kappa shape index (κ3) is 1.26. The molecule has 0 fully saturated rings. The number of nitrogens with zero attached hydrogens (tertiary/aromatic N) is 2. The summed E-state index contributed by atoms with van der Waals surface area (Å²) in [5, 5.41) is 0. The van der Waals surface area contributed by atoms with Crippen LogP contribution in [-0.2, 0) is 13.6 Å². The predicted octanol–water partition coefficient (Wildman–Crippen LogP) is 1.65. The van der Waals surface area contributed by atoms with E-state index in [1.54, 1.807) is 0 Å². The van der Waals surface area contributed by atoms with E-state index in [2.05, 4.69) is 44.1 Å². The summed E-state index contributed by atoms with van der Waals surface area (Å²) in [7, 11) is 2.13. The molecule has 0 spiro atoms. The Morgan fingerprint density at radius 1 is 1.25 bits per heavy atom. The van der Waals surface area contributed by atoms with E-state index in [9.17, 15) is 0 Å². The van der Waals surface area contributed by atoms with Gasteiger partial charge >= 0.3 is 0 Å². The van der Waals surface area contributed by atoms with E-state index in [1.807, 2.05) is 0 Å². The van der Waals surface area contributed by atoms with Crippen molar-refractivity contribution in [3.05, 3.63) is 17.0 Å². The van der Waals surface area contributed by atoms with E-state index in [4.69, 9.17) is 0 Å². The molecule has 0 aliphatic heterocycles. The Kier molecular flexibility index (Phi) is 2.55. The van der Waals surface area contributed by atoms with E-state index < -0.39 is 0 Å². The zero-order valence-corrected chi connectivity index (χ0v) is 8.81. The van der Waals surface area contributed by atoms with Crippen LogP contribution in [0.25, 0.3) is 0 Å². The first-order valence-electron chi connectivity index (χ1n) is 4.62. The summed E-state index contributed by atoms with van der Waals surface area (Å²) in [6.45, 7) is 9.89. The average molecular weight is 167 g/mol. The summed E-state index contributed by atoms with van der Waals surface area (Å²) < 4.78 is 4.58. The molecule has 2 nitrogen and oxygen atoms in total. The zero-order valence-electron chi connectivity index (χ0n) is 8.81. The number of hydrogen-bond acceptors (Lipinski definition) is 0. The molecule has 0 aliphatic rings. The van der Waals surface area contributed by atoms with Crippen LogP contribution in [0.1, 0.15) is 30.3 Å². The van der Waals surface area contributed by atoms with Gasteiger partial charge in [0.25, 0.3) is 0 Å². The number of aromatic nitrogens is 2. The molecule has 0 aliphatic carbocycles. The van der Waals surface area contributed by atoms with Crippen LogP contribution < -0.4 is 4.68 Å². The fraction of sp³-hybridized carbons (Fsp3) is 0.700. The third-order valence-corrected chi connectivity index (χ3v) is 2.76. The molecule has 68 valence electrons. The van der Waals surface area contributed by atoms with Crippen LogP contribution in [0.15, 0.2) is 0 Å². The molecule has 1 aromatic rings. The highest BCUT2D eigenvalue weighted by Crippen LogP contribution is 2.07. The maximum Gasteiger partial charge on any atom is 0.208 e. The Bertz CT molecular complexity index is 259. The molecule has 1 rings (SSSR count). The molecular formula is C10H19N2+. The van der Waals surface area contributed by atoms with E-state index >= 15 is 0 Å². The second-order valence-electron chi connectivity index (χ2n) is 3.44. The standard InChI is InChI=1S/C10H19N2/c1-6-7-12-10(4)8(2)9(3)11(12)5/h6-7H2,1-5H3/q+1. The van der Waals surface area contributed by atoms with Gasteiger partial charge in [-0.25, -0.2) is 0 Å². The molecule has 0 atom stereocenters. The van der Waals surface area contributed by atoms with E-state index in [0.717, 1.165) is 6.54 Å². The Morgan fingerprint density at radius 3 is 2.17 bits per heavy atom.